The van der Waals surface area contributed by atoms with E-state index in [1.807, 2.05) is 0 Å². The highest BCUT2D eigenvalue weighted by atomic mass is 16.8. The summed E-state index contributed by atoms with van der Waals surface area (Å²) < 4.78 is 48.1. The predicted molar refractivity (Wildman–Crippen MR) is 254 cm³/mol. The van der Waals surface area contributed by atoms with Crippen LogP contribution in [0.5, 0.6) is 0 Å². The molecular weight excluding hydrogens is 957 g/mol. The Labute approximate surface area is 427 Å². The van der Waals surface area contributed by atoms with E-state index in [9.17, 15) is 61.0 Å². The summed E-state index contributed by atoms with van der Waals surface area (Å²) in [5, 5.41) is 117. The Bertz CT molecular complexity index is 2040. The number of carbonyl (C=O) groups is 1. The van der Waals surface area contributed by atoms with Gasteiger partial charge in [-0.15, -0.1) is 0 Å². The zero-order valence-electron chi connectivity index (χ0n) is 43.3. The first-order valence-corrected chi connectivity index (χ1v) is 26.8. The third-order valence-electron chi connectivity index (χ3n) is 20.8. The molecule has 20 nitrogen and oxygen atoms in total. The van der Waals surface area contributed by atoms with Gasteiger partial charge in [0.15, 0.2) is 18.9 Å². The fraction of sp³-hybridized carbons (Fsp3) is 0.906. The lowest BCUT2D eigenvalue weighted by Crippen LogP contribution is -2.66. The van der Waals surface area contributed by atoms with Crippen LogP contribution in [0.25, 0.3) is 0 Å². The maximum absolute atomic E-state index is 14.9. The second kappa shape index (κ2) is 20.5. The van der Waals surface area contributed by atoms with Crippen molar-refractivity contribution in [1.29, 1.82) is 0 Å². The smallest absolute Gasteiger partial charge is 0.315 e. The fourth-order valence-corrected chi connectivity index (χ4v) is 15.8. The van der Waals surface area contributed by atoms with Gasteiger partial charge in [-0.05, 0) is 105 Å². The van der Waals surface area contributed by atoms with E-state index in [1.165, 1.54) is 12.5 Å². The van der Waals surface area contributed by atoms with Gasteiger partial charge in [0.2, 0.25) is 6.29 Å². The number of allylic oxidation sites excluding steroid dienone is 3. The summed E-state index contributed by atoms with van der Waals surface area (Å²) in [5.74, 6) is -1.09. The minimum atomic E-state index is -1.79. The zero-order valence-corrected chi connectivity index (χ0v) is 43.3. The number of carbonyl (C=O) groups excluding carboxylic acids is 1. The van der Waals surface area contributed by atoms with E-state index in [4.69, 9.17) is 37.9 Å². The maximum Gasteiger partial charge on any atom is 0.315 e. The molecule has 0 radical (unpaired) electrons. The Kier molecular flexibility index (Phi) is 15.7. The van der Waals surface area contributed by atoms with Crippen molar-refractivity contribution in [2.45, 2.75) is 229 Å². The molecule has 416 valence electrons. The number of rotatable bonds is 10. The first kappa shape index (κ1) is 56.0. The van der Waals surface area contributed by atoms with Gasteiger partial charge >= 0.3 is 5.97 Å². The quantitative estimate of drug-likeness (QED) is 0.0803. The highest BCUT2D eigenvalue weighted by Crippen LogP contribution is 2.75. The molecule has 0 aromatic rings. The van der Waals surface area contributed by atoms with Crippen LogP contribution in [0.4, 0.5) is 0 Å². The molecule has 27 atom stereocenters. The number of fused-ring (bicyclic) bond motifs is 7. The molecule has 73 heavy (non-hydrogen) atoms. The molecular formula is C53H84O20. The number of aliphatic hydroxyl groups excluding tert-OH is 11. The van der Waals surface area contributed by atoms with Crippen LogP contribution in [-0.4, -0.2) is 199 Å². The SMILES string of the molecule is C=C1CCC2(C(=O)OC3OC(COC4OC(CO)C(O)C(C)C4O)C(O)C(O)C3O)CCC3(C)C(=CCC4C5(C)CCC(OC6OCC(O)C(O)C6OC6OC(C)C(O)C(O)C6O)C(C)(C)C5CCC43C)C2C1. The Morgan fingerprint density at radius 1 is 0.699 bits per heavy atom. The van der Waals surface area contributed by atoms with Gasteiger partial charge < -0.3 is 94.1 Å². The van der Waals surface area contributed by atoms with Gasteiger partial charge in [-0.25, -0.2) is 0 Å². The summed E-state index contributed by atoms with van der Waals surface area (Å²) in [4.78, 5) is 14.9. The Morgan fingerprint density at radius 2 is 1.38 bits per heavy atom. The molecule has 5 aliphatic carbocycles. The first-order valence-electron chi connectivity index (χ1n) is 26.8. The van der Waals surface area contributed by atoms with Crippen molar-refractivity contribution in [2.75, 3.05) is 19.8 Å². The summed E-state index contributed by atoms with van der Waals surface area (Å²) in [6.45, 7) is 18.0. The minimum Gasteiger partial charge on any atom is -0.432 e. The molecule has 0 aromatic heterocycles. The molecule has 4 heterocycles. The average molecular weight is 1040 g/mol. The largest absolute Gasteiger partial charge is 0.432 e. The van der Waals surface area contributed by atoms with E-state index < -0.39 is 147 Å². The number of ether oxygens (including phenoxy) is 8. The molecule has 27 unspecified atom stereocenters. The molecule has 11 N–H and O–H groups in total. The lowest BCUT2D eigenvalue weighted by atomic mass is 9.34. The second-order valence-corrected chi connectivity index (χ2v) is 24.8. The van der Waals surface area contributed by atoms with E-state index >= 15 is 0 Å². The Balaban J connectivity index is 0.910. The number of esters is 1. The van der Waals surface area contributed by atoms with Crippen molar-refractivity contribution in [3.05, 3.63) is 23.8 Å². The van der Waals surface area contributed by atoms with E-state index in [-0.39, 0.29) is 46.7 Å². The average Bonchev–Trinajstić information content (AvgIpc) is 3.35. The molecule has 0 aromatic carbocycles. The zero-order chi connectivity index (χ0) is 53.1. The third kappa shape index (κ3) is 9.13. The summed E-state index contributed by atoms with van der Waals surface area (Å²) in [6, 6.07) is 0. The van der Waals surface area contributed by atoms with Gasteiger partial charge in [-0.1, -0.05) is 65.3 Å². The maximum atomic E-state index is 14.9. The molecule has 4 saturated carbocycles. The molecule has 20 heteroatoms. The van der Waals surface area contributed by atoms with Gasteiger partial charge in [-0.2, -0.15) is 0 Å². The van der Waals surface area contributed by atoms with Gasteiger partial charge in [0, 0.05) is 11.8 Å². The lowest BCUT2D eigenvalue weighted by molar-refractivity contribution is -0.364. The van der Waals surface area contributed by atoms with Gasteiger partial charge in [0.25, 0.3) is 0 Å². The summed E-state index contributed by atoms with van der Waals surface area (Å²) in [6.07, 6.45) is -16.2. The summed E-state index contributed by atoms with van der Waals surface area (Å²) >= 11 is 0. The Morgan fingerprint density at radius 3 is 2.10 bits per heavy atom. The second-order valence-electron chi connectivity index (χ2n) is 24.8. The van der Waals surface area contributed by atoms with Gasteiger partial charge in [0.1, 0.15) is 73.2 Å². The molecule has 9 rings (SSSR count). The fourth-order valence-electron chi connectivity index (χ4n) is 15.8. The minimum absolute atomic E-state index is 0.140. The van der Waals surface area contributed by atoms with Crippen molar-refractivity contribution in [3.63, 3.8) is 0 Å². The van der Waals surface area contributed by atoms with Crippen LogP contribution in [0.15, 0.2) is 23.8 Å². The van der Waals surface area contributed by atoms with Crippen molar-refractivity contribution in [2.24, 2.45) is 50.7 Å². The molecule has 0 amide bonds. The monoisotopic (exact) mass is 1040 g/mol. The van der Waals surface area contributed by atoms with Crippen molar-refractivity contribution < 1.29 is 98.9 Å². The number of hydrogen-bond donors (Lipinski definition) is 11. The van der Waals surface area contributed by atoms with Crippen LogP contribution in [-0.2, 0) is 42.7 Å². The molecule has 8 fully saturated rings. The van der Waals surface area contributed by atoms with E-state index in [0.717, 1.165) is 31.3 Å². The number of aliphatic hydroxyl groups is 11. The van der Waals surface area contributed by atoms with Crippen LogP contribution in [0.2, 0.25) is 0 Å². The van der Waals surface area contributed by atoms with Crippen LogP contribution < -0.4 is 0 Å². The summed E-state index contributed by atoms with van der Waals surface area (Å²) in [5.41, 5.74) is 0.224. The third-order valence-corrected chi connectivity index (χ3v) is 20.8. The van der Waals surface area contributed by atoms with E-state index in [1.54, 1.807) is 6.92 Å². The van der Waals surface area contributed by atoms with Crippen molar-refractivity contribution in [3.8, 4) is 0 Å². The van der Waals surface area contributed by atoms with Gasteiger partial charge in [0.05, 0.1) is 43.5 Å². The highest BCUT2D eigenvalue weighted by Gasteiger charge is 2.70. The van der Waals surface area contributed by atoms with Gasteiger partial charge in [-0.3, -0.25) is 4.79 Å². The molecule has 4 aliphatic heterocycles. The summed E-state index contributed by atoms with van der Waals surface area (Å²) in [7, 11) is 0. The normalized spacial score (nSPS) is 54.0. The Hall–Kier alpha value is -1.77. The molecule has 0 bridgehead atoms. The lowest BCUT2D eigenvalue weighted by Gasteiger charge is -2.71. The predicted octanol–water partition coefficient (Wildman–Crippen LogP) is 0.437. The standard InChI is InChI=1S/C53H84O20/c1-23-11-16-53(48(65)73-46-42(64)40(62)38(60)30(70-46)22-67-44-35(57)24(2)34(56)29(20-54)69-44)18-17-51(7)26(27(53)19-23)9-10-32-50(6)14-13-33(49(4,5)31(50)12-15-52(32,51)8)71-47-43(37(59)28(55)21-66-47)72-45-41(63)39(61)36(58)25(3)68-45/h9,24-25,27-47,54-64H,1,10-22H2,2-8H3. The highest BCUT2D eigenvalue weighted by molar-refractivity contribution is 5.79. The van der Waals surface area contributed by atoms with E-state index in [2.05, 4.69) is 47.3 Å². The van der Waals surface area contributed by atoms with Crippen LogP contribution in [0.1, 0.15) is 113 Å². The number of hydrogen-bond acceptors (Lipinski definition) is 20. The molecule has 0 spiro atoms. The van der Waals surface area contributed by atoms with Crippen LogP contribution in [0.3, 0.4) is 0 Å². The topological polar surface area (TPSA) is 313 Å². The van der Waals surface area contributed by atoms with Crippen molar-refractivity contribution in [1.82, 2.24) is 0 Å². The van der Waals surface area contributed by atoms with Crippen molar-refractivity contribution >= 4 is 5.97 Å². The van der Waals surface area contributed by atoms with Crippen LogP contribution in [0, 0.1) is 50.7 Å². The first-order chi connectivity index (χ1) is 34.2. The van der Waals surface area contributed by atoms with Crippen LogP contribution >= 0.6 is 0 Å². The molecule has 9 aliphatic rings. The molecule has 4 saturated heterocycles. The van der Waals surface area contributed by atoms with E-state index in [0.29, 0.717) is 38.5 Å².